The molecule has 0 radical (unpaired) electrons. The molecule has 3 aromatic carbocycles. The number of carbonyl (C=O) groups excluding carboxylic acids is 1. The number of rotatable bonds is 10. The van der Waals surface area contributed by atoms with Gasteiger partial charge in [-0.3, -0.25) is 4.79 Å². The molecule has 1 heterocycles. The number of nitrogens with one attached hydrogen (secondary N) is 1. The Morgan fingerprint density at radius 3 is 2.59 bits per heavy atom. The number of benzene rings is 3. The molecule has 5 nitrogen and oxygen atoms in total. The molecule has 1 aromatic heterocycles. The molecular weight excluding hydrogens is 422 g/mol. The Labute approximate surface area is 201 Å². The lowest BCUT2D eigenvalue weighted by Crippen LogP contribution is -2.27. The van der Waals surface area contributed by atoms with Gasteiger partial charge in [0.15, 0.2) is 0 Å². The standard InChI is InChI=1S/C29H33N3O2/c1-21-9-8-10-24(20-21)34-18-7-6-17-32-27-12-5-4-11-26(27)31-28(32)15-16-30-29(33)25-14-13-22(2)19-23(25)3/h4-5,8-14,19-20H,6-7,15-18H2,1-3H3,(H,30,33). The molecule has 1 N–H and O–H groups in total. The first-order valence-corrected chi connectivity index (χ1v) is 12.0. The molecule has 1 amide bonds. The molecule has 4 rings (SSSR count). The van der Waals surface area contributed by atoms with Gasteiger partial charge in [-0.2, -0.15) is 0 Å². The molecule has 0 saturated carbocycles. The Hall–Kier alpha value is -3.60. The van der Waals surface area contributed by atoms with Crippen LogP contribution in [0.2, 0.25) is 0 Å². The van der Waals surface area contributed by atoms with Crippen LogP contribution < -0.4 is 10.1 Å². The van der Waals surface area contributed by atoms with E-state index in [1.54, 1.807) is 0 Å². The summed E-state index contributed by atoms with van der Waals surface area (Å²) in [6.07, 6.45) is 2.64. The van der Waals surface area contributed by atoms with E-state index in [0.29, 0.717) is 19.6 Å². The topological polar surface area (TPSA) is 56.1 Å². The first-order valence-electron chi connectivity index (χ1n) is 12.0. The molecule has 0 spiro atoms. The van der Waals surface area contributed by atoms with Gasteiger partial charge in [0, 0.05) is 25.1 Å². The molecule has 0 unspecified atom stereocenters. The number of ether oxygens (including phenoxy) is 1. The highest BCUT2D eigenvalue weighted by molar-refractivity contribution is 5.95. The van der Waals surface area contributed by atoms with Gasteiger partial charge in [0.1, 0.15) is 11.6 Å². The molecular formula is C29H33N3O2. The lowest BCUT2D eigenvalue weighted by atomic mass is 10.1. The smallest absolute Gasteiger partial charge is 0.251 e. The van der Waals surface area contributed by atoms with Crippen molar-refractivity contribution in [3.8, 4) is 5.75 Å². The van der Waals surface area contributed by atoms with Crippen molar-refractivity contribution >= 4 is 16.9 Å². The van der Waals surface area contributed by atoms with Crippen LogP contribution in [0.3, 0.4) is 0 Å². The normalized spacial score (nSPS) is 11.0. The van der Waals surface area contributed by atoms with Crippen molar-refractivity contribution in [2.24, 2.45) is 0 Å². The van der Waals surface area contributed by atoms with Crippen LogP contribution in [0.5, 0.6) is 5.75 Å². The Bertz CT molecular complexity index is 1280. The fourth-order valence-electron chi connectivity index (χ4n) is 4.28. The van der Waals surface area contributed by atoms with Gasteiger partial charge in [-0.1, -0.05) is 42.0 Å². The van der Waals surface area contributed by atoms with Gasteiger partial charge in [0.2, 0.25) is 0 Å². The molecule has 4 aromatic rings. The van der Waals surface area contributed by atoms with Crippen LogP contribution in [0.4, 0.5) is 0 Å². The maximum absolute atomic E-state index is 12.7. The van der Waals surface area contributed by atoms with Crippen LogP contribution in [0.15, 0.2) is 66.7 Å². The van der Waals surface area contributed by atoms with E-state index in [4.69, 9.17) is 9.72 Å². The number of aromatic nitrogens is 2. The van der Waals surface area contributed by atoms with Gasteiger partial charge in [0.25, 0.3) is 5.91 Å². The summed E-state index contributed by atoms with van der Waals surface area (Å²) in [5, 5.41) is 3.07. The summed E-state index contributed by atoms with van der Waals surface area (Å²) >= 11 is 0. The van der Waals surface area contributed by atoms with E-state index in [-0.39, 0.29) is 5.91 Å². The highest BCUT2D eigenvalue weighted by Crippen LogP contribution is 2.18. The Balaban J connectivity index is 1.34. The van der Waals surface area contributed by atoms with Crippen LogP contribution in [-0.4, -0.2) is 28.6 Å². The van der Waals surface area contributed by atoms with E-state index in [0.717, 1.165) is 58.7 Å². The molecule has 0 aliphatic rings. The summed E-state index contributed by atoms with van der Waals surface area (Å²) in [7, 11) is 0. The van der Waals surface area contributed by atoms with Crippen molar-refractivity contribution in [3.63, 3.8) is 0 Å². The minimum absolute atomic E-state index is 0.0338. The number of carbonyl (C=O) groups is 1. The van der Waals surface area contributed by atoms with Crippen molar-refractivity contribution < 1.29 is 9.53 Å². The lowest BCUT2D eigenvalue weighted by molar-refractivity contribution is 0.0953. The van der Waals surface area contributed by atoms with E-state index in [1.807, 2.05) is 62.4 Å². The third-order valence-electron chi connectivity index (χ3n) is 6.03. The van der Waals surface area contributed by atoms with E-state index >= 15 is 0 Å². The number of nitrogens with zero attached hydrogens (tertiary/aromatic N) is 2. The van der Waals surface area contributed by atoms with Crippen molar-refractivity contribution in [2.45, 2.75) is 46.6 Å². The number of hydrogen-bond acceptors (Lipinski definition) is 3. The second-order valence-electron chi connectivity index (χ2n) is 8.86. The molecule has 0 saturated heterocycles. The lowest BCUT2D eigenvalue weighted by Gasteiger charge is -2.11. The maximum Gasteiger partial charge on any atom is 0.251 e. The van der Waals surface area contributed by atoms with Crippen LogP contribution in [0, 0.1) is 20.8 Å². The van der Waals surface area contributed by atoms with E-state index < -0.39 is 0 Å². The fourth-order valence-corrected chi connectivity index (χ4v) is 4.28. The van der Waals surface area contributed by atoms with E-state index in [9.17, 15) is 4.79 Å². The largest absolute Gasteiger partial charge is 0.494 e. The van der Waals surface area contributed by atoms with Crippen LogP contribution >= 0.6 is 0 Å². The van der Waals surface area contributed by atoms with Crippen molar-refractivity contribution in [1.82, 2.24) is 14.9 Å². The van der Waals surface area contributed by atoms with Gasteiger partial charge in [-0.25, -0.2) is 4.98 Å². The van der Waals surface area contributed by atoms with Gasteiger partial charge in [-0.15, -0.1) is 0 Å². The second kappa shape index (κ2) is 11.0. The highest BCUT2D eigenvalue weighted by atomic mass is 16.5. The molecule has 0 fully saturated rings. The van der Waals surface area contributed by atoms with Gasteiger partial charge >= 0.3 is 0 Å². The summed E-state index contributed by atoms with van der Waals surface area (Å²) in [4.78, 5) is 17.5. The molecule has 176 valence electrons. The molecule has 34 heavy (non-hydrogen) atoms. The second-order valence-corrected chi connectivity index (χ2v) is 8.86. The first-order chi connectivity index (χ1) is 16.5. The number of aryl methyl sites for hydroxylation is 4. The number of para-hydroxylation sites is 2. The molecule has 0 aliphatic carbocycles. The predicted molar refractivity (Wildman–Crippen MR) is 138 cm³/mol. The predicted octanol–water partition coefficient (Wildman–Crippen LogP) is 5.79. The zero-order valence-corrected chi connectivity index (χ0v) is 20.3. The van der Waals surface area contributed by atoms with Crippen LogP contribution in [0.25, 0.3) is 11.0 Å². The molecule has 0 atom stereocenters. The zero-order valence-electron chi connectivity index (χ0n) is 20.3. The quantitative estimate of drug-likeness (QED) is 0.308. The van der Waals surface area contributed by atoms with Crippen molar-refractivity contribution in [1.29, 1.82) is 0 Å². The third kappa shape index (κ3) is 5.84. The van der Waals surface area contributed by atoms with E-state index in [1.165, 1.54) is 5.56 Å². The number of unbranched alkanes of at least 4 members (excludes halogenated alkanes) is 1. The monoisotopic (exact) mass is 455 g/mol. The summed E-state index contributed by atoms with van der Waals surface area (Å²) in [6.45, 7) is 8.20. The van der Waals surface area contributed by atoms with Crippen LogP contribution in [0.1, 0.15) is 45.7 Å². The number of amides is 1. The first kappa shape index (κ1) is 23.6. The molecule has 5 heteroatoms. The third-order valence-corrected chi connectivity index (χ3v) is 6.03. The van der Waals surface area contributed by atoms with Gasteiger partial charge < -0.3 is 14.6 Å². The van der Waals surface area contributed by atoms with E-state index in [2.05, 4.69) is 35.0 Å². The minimum Gasteiger partial charge on any atom is -0.494 e. The number of imidazole rings is 1. The summed E-state index contributed by atoms with van der Waals surface area (Å²) in [5.41, 5.74) is 6.22. The molecule has 0 bridgehead atoms. The Morgan fingerprint density at radius 2 is 1.76 bits per heavy atom. The summed E-state index contributed by atoms with van der Waals surface area (Å²) in [5.74, 6) is 1.89. The zero-order chi connectivity index (χ0) is 23.9. The maximum atomic E-state index is 12.7. The summed E-state index contributed by atoms with van der Waals surface area (Å²) < 4.78 is 8.18. The average molecular weight is 456 g/mol. The minimum atomic E-state index is -0.0338. The highest BCUT2D eigenvalue weighted by Gasteiger charge is 2.12. The Morgan fingerprint density at radius 1 is 0.941 bits per heavy atom. The SMILES string of the molecule is Cc1cccc(OCCCCn2c(CCNC(=O)c3ccc(C)cc3C)nc3ccccc32)c1. The van der Waals surface area contributed by atoms with Crippen molar-refractivity contribution in [3.05, 3.63) is 94.8 Å². The average Bonchev–Trinajstić information content (AvgIpc) is 3.16. The fraction of sp³-hybridized carbons (Fsp3) is 0.310. The Kier molecular flexibility index (Phi) is 7.63. The number of fused-ring (bicyclic) bond motifs is 1. The van der Waals surface area contributed by atoms with Gasteiger partial charge in [-0.05, 0) is 75.1 Å². The van der Waals surface area contributed by atoms with Crippen LogP contribution in [-0.2, 0) is 13.0 Å². The molecule has 0 aliphatic heterocycles. The summed E-state index contributed by atoms with van der Waals surface area (Å²) in [6, 6.07) is 22.3. The number of hydrogen-bond donors (Lipinski definition) is 1. The van der Waals surface area contributed by atoms with Gasteiger partial charge in [0.05, 0.1) is 17.6 Å². The van der Waals surface area contributed by atoms with Crippen molar-refractivity contribution in [2.75, 3.05) is 13.2 Å².